The summed E-state index contributed by atoms with van der Waals surface area (Å²) in [6.45, 7) is 3.35. The Morgan fingerprint density at radius 3 is 2.42 bits per heavy atom. The Morgan fingerprint density at radius 1 is 0.970 bits per heavy atom. The minimum atomic E-state index is -1.60. The second kappa shape index (κ2) is 12.1. The van der Waals surface area contributed by atoms with E-state index < -0.39 is 23.4 Å². The monoisotopic (exact) mass is 464 g/mol. The average Bonchev–Trinajstić information content (AvgIpc) is 2.82. The lowest BCUT2D eigenvalue weighted by Crippen LogP contribution is -2.25. The van der Waals surface area contributed by atoms with E-state index in [9.17, 15) is 23.1 Å². The largest absolute Gasteiger partial charge is 0.493 e. The first-order chi connectivity index (χ1) is 15.9. The summed E-state index contributed by atoms with van der Waals surface area (Å²) < 4.78 is 53.6. The number of aromatic carboxylic acids is 1. The minimum Gasteiger partial charge on any atom is -0.493 e. The van der Waals surface area contributed by atoms with Gasteiger partial charge in [0, 0.05) is 17.7 Å². The molecular weight excluding hydrogens is 433 g/mol. The van der Waals surface area contributed by atoms with E-state index in [0.29, 0.717) is 6.61 Å². The number of halogens is 3. The van der Waals surface area contributed by atoms with Gasteiger partial charge in [0.25, 0.3) is 0 Å². The van der Waals surface area contributed by atoms with Crippen molar-refractivity contribution < 1.29 is 32.5 Å². The van der Waals surface area contributed by atoms with Crippen LogP contribution in [0.1, 0.15) is 68.6 Å². The third kappa shape index (κ3) is 6.73. The molecule has 7 heteroatoms. The Hall–Kier alpha value is -2.54. The Morgan fingerprint density at radius 2 is 1.73 bits per heavy atom. The molecule has 4 nitrogen and oxygen atoms in total. The average molecular weight is 465 g/mol. The minimum absolute atomic E-state index is 0.0791. The van der Waals surface area contributed by atoms with E-state index in [2.05, 4.69) is 6.92 Å². The predicted octanol–water partition coefficient (Wildman–Crippen LogP) is 7.00. The summed E-state index contributed by atoms with van der Waals surface area (Å²) in [4.78, 5) is 11.4. The fourth-order valence-corrected chi connectivity index (χ4v) is 4.18. The number of unbranched alkanes of at least 4 members (excludes halogenated alkanes) is 3. The molecule has 2 aromatic rings. The molecule has 1 fully saturated rings. The van der Waals surface area contributed by atoms with Gasteiger partial charge in [0.05, 0.1) is 18.3 Å². The molecule has 1 aliphatic rings. The quantitative estimate of drug-likeness (QED) is 0.287. The first-order valence-corrected chi connectivity index (χ1v) is 11.7. The van der Waals surface area contributed by atoms with Gasteiger partial charge in [0.1, 0.15) is 5.75 Å². The molecule has 1 N–H and O–H groups in total. The molecule has 33 heavy (non-hydrogen) atoms. The number of hydrogen-bond donors (Lipinski definition) is 1. The van der Waals surface area contributed by atoms with Crippen LogP contribution in [0.2, 0.25) is 0 Å². The zero-order valence-electron chi connectivity index (χ0n) is 18.9. The maximum atomic E-state index is 14.4. The van der Waals surface area contributed by atoms with Crippen LogP contribution in [0.5, 0.6) is 5.75 Å². The molecule has 0 radical (unpaired) electrons. The topological polar surface area (TPSA) is 55.8 Å². The van der Waals surface area contributed by atoms with Gasteiger partial charge < -0.3 is 14.6 Å². The van der Waals surface area contributed by atoms with Crippen molar-refractivity contribution in [3.05, 3.63) is 53.3 Å². The Bertz CT molecular complexity index is 939. The molecule has 180 valence electrons. The highest BCUT2D eigenvalue weighted by molar-refractivity contribution is 5.90. The summed E-state index contributed by atoms with van der Waals surface area (Å²) in [6.07, 6.45) is 8.75. The van der Waals surface area contributed by atoms with Crippen molar-refractivity contribution in [2.24, 2.45) is 5.92 Å². The summed E-state index contributed by atoms with van der Waals surface area (Å²) in [6, 6.07) is 5.91. The lowest BCUT2D eigenvalue weighted by atomic mass is 9.88. The molecule has 0 heterocycles. The third-order valence-corrected chi connectivity index (χ3v) is 6.17. The fraction of sp³-hybridized carbons (Fsp3) is 0.500. The van der Waals surface area contributed by atoms with Crippen LogP contribution in [0, 0.1) is 23.4 Å². The van der Waals surface area contributed by atoms with Gasteiger partial charge >= 0.3 is 5.97 Å². The molecule has 1 saturated carbocycles. The molecule has 0 aliphatic heterocycles. The van der Waals surface area contributed by atoms with Crippen LogP contribution in [0.25, 0.3) is 11.1 Å². The molecule has 0 spiro atoms. The standard InChI is InChI=1S/C26H31F3O4/c1-2-3-4-5-14-32-19-9-6-17(7-10-19)16-33-23-13-8-18(26(30)31)15-21(23)20-11-12-22(27)25(29)24(20)28/h8,11-13,15,17,19H,2-7,9-10,14,16H2,1H3,(H,30,31). The van der Waals surface area contributed by atoms with Gasteiger partial charge in [0.2, 0.25) is 0 Å². The van der Waals surface area contributed by atoms with Crippen LogP contribution in [-0.2, 0) is 4.74 Å². The lowest BCUT2D eigenvalue weighted by molar-refractivity contribution is 0.0111. The maximum absolute atomic E-state index is 14.4. The van der Waals surface area contributed by atoms with Crippen LogP contribution in [0.15, 0.2) is 30.3 Å². The molecular formula is C26H31F3O4. The molecule has 0 atom stereocenters. The number of benzene rings is 2. The van der Waals surface area contributed by atoms with Crippen LogP contribution in [-0.4, -0.2) is 30.4 Å². The van der Waals surface area contributed by atoms with Gasteiger partial charge in [-0.25, -0.2) is 18.0 Å². The number of carboxylic acids is 1. The normalized spacial score (nSPS) is 18.3. The second-order valence-corrected chi connectivity index (χ2v) is 8.62. The highest BCUT2D eigenvalue weighted by Crippen LogP contribution is 2.35. The molecule has 0 unspecified atom stereocenters. The van der Waals surface area contributed by atoms with E-state index >= 15 is 0 Å². The van der Waals surface area contributed by atoms with E-state index in [4.69, 9.17) is 9.47 Å². The molecule has 1 aliphatic carbocycles. The van der Waals surface area contributed by atoms with E-state index in [0.717, 1.165) is 50.8 Å². The first-order valence-electron chi connectivity index (χ1n) is 11.7. The highest BCUT2D eigenvalue weighted by atomic mass is 19.2. The van der Waals surface area contributed by atoms with Gasteiger partial charge in [-0.1, -0.05) is 26.2 Å². The fourth-order valence-electron chi connectivity index (χ4n) is 4.18. The number of rotatable bonds is 11. The molecule has 0 aromatic heterocycles. The SMILES string of the molecule is CCCCCCOC1CCC(COc2ccc(C(=O)O)cc2-c2ccc(F)c(F)c2F)CC1. The number of carboxylic acid groups (broad SMARTS) is 1. The lowest BCUT2D eigenvalue weighted by Gasteiger charge is -2.28. The van der Waals surface area contributed by atoms with Gasteiger partial charge in [-0.15, -0.1) is 0 Å². The summed E-state index contributed by atoms with van der Waals surface area (Å²) in [7, 11) is 0. The van der Waals surface area contributed by atoms with Crippen molar-refractivity contribution in [2.75, 3.05) is 13.2 Å². The summed E-state index contributed by atoms with van der Waals surface area (Å²) in [5, 5.41) is 9.30. The highest BCUT2D eigenvalue weighted by Gasteiger charge is 2.24. The maximum Gasteiger partial charge on any atom is 0.335 e. The van der Waals surface area contributed by atoms with E-state index in [-0.39, 0.29) is 34.5 Å². The Kier molecular flexibility index (Phi) is 9.18. The van der Waals surface area contributed by atoms with Crippen LogP contribution in [0.4, 0.5) is 13.2 Å². The summed E-state index contributed by atoms with van der Waals surface area (Å²) in [5.41, 5.74) is -0.263. The molecule has 3 rings (SSSR count). The van der Waals surface area contributed by atoms with Crippen molar-refractivity contribution >= 4 is 5.97 Å². The van der Waals surface area contributed by atoms with Crippen LogP contribution in [0.3, 0.4) is 0 Å². The summed E-state index contributed by atoms with van der Waals surface area (Å²) >= 11 is 0. The summed E-state index contributed by atoms with van der Waals surface area (Å²) in [5.74, 6) is -4.98. The zero-order valence-corrected chi connectivity index (χ0v) is 18.9. The van der Waals surface area contributed by atoms with Gasteiger partial charge in [-0.05, 0) is 68.4 Å². The molecule has 0 bridgehead atoms. The van der Waals surface area contributed by atoms with Crippen molar-refractivity contribution in [1.29, 1.82) is 0 Å². The Balaban J connectivity index is 1.63. The second-order valence-electron chi connectivity index (χ2n) is 8.62. The molecule has 0 saturated heterocycles. The number of ether oxygens (including phenoxy) is 2. The van der Waals surface area contributed by atoms with Crippen molar-refractivity contribution in [1.82, 2.24) is 0 Å². The third-order valence-electron chi connectivity index (χ3n) is 6.17. The predicted molar refractivity (Wildman–Crippen MR) is 120 cm³/mol. The van der Waals surface area contributed by atoms with E-state index in [1.54, 1.807) is 0 Å². The van der Waals surface area contributed by atoms with Gasteiger partial charge in [-0.3, -0.25) is 0 Å². The van der Waals surface area contributed by atoms with Gasteiger partial charge in [0.15, 0.2) is 17.5 Å². The van der Waals surface area contributed by atoms with E-state index in [1.807, 2.05) is 0 Å². The van der Waals surface area contributed by atoms with Crippen molar-refractivity contribution in [3.8, 4) is 16.9 Å². The van der Waals surface area contributed by atoms with Crippen LogP contribution >= 0.6 is 0 Å². The zero-order chi connectivity index (χ0) is 23.8. The first kappa shape index (κ1) is 25.1. The molecule has 0 amide bonds. The van der Waals surface area contributed by atoms with Crippen molar-refractivity contribution in [3.63, 3.8) is 0 Å². The Labute approximate surface area is 192 Å². The van der Waals surface area contributed by atoms with Crippen LogP contribution < -0.4 is 4.74 Å². The smallest absolute Gasteiger partial charge is 0.335 e. The number of hydrogen-bond acceptors (Lipinski definition) is 3. The van der Waals surface area contributed by atoms with Gasteiger partial charge in [-0.2, -0.15) is 0 Å². The van der Waals surface area contributed by atoms with E-state index in [1.165, 1.54) is 37.5 Å². The molecule has 2 aromatic carbocycles. The number of carbonyl (C=O) groups is 1. The van der Waals surface area contributed by atoms with Crippen molar-refractivity contribution in [2.45, 2.75) is 64.4 Å².